The van der Waals surface area contributed by atoms with E-state index in [4.69, 9.17) is 0 Å². The van der Waals surface area contributed by atoms with Crippen LogP contribution >= 0.6 is 0 Å². The molecule has 0 aliphatic carbocycles. The van der Waals surface area contributed by atoms with Gasteiger partial charge in [-0.15, -0.1) is 0 Å². The Bertz CT molecular complexity index is 248. The van der Waals surface area contributed by atoms with Crippen LogP contribution in [0.1, 0.15) is 0 Å². The summed E-state index contributed by atoms with van der Waals surface area (Å²) in [4.78, 5) is 15.8. The molecular weight excluding hydrogens is 128 g/mol. The van der Waals surface area contributed by atoms with E-state index in [1.807, 2.05) is 6.21 Å². The van der Waals surface area contributed by atoms with E-state index in [-0.39, 0.29) is 5.92 Å². The zero-order chi connectivity index (χ0) is 6.81. The van der Waals surface area contributed by atoms with E-state index in [0.717, 1.165) is 12.4 Å². The number of rotatable bonds is 0. The predicted molar refractivity (Wildman–Crippen MR) is 41.3 cm³/mol. The van der Waals surface area contributed by atoms with Crippen molar-refractivity contribution in [3.8, 4) is 0 Å². The molecule has 0 saturated carbocycles. The van der Waals surface area contributed by atoms with Crippen molar-refractivity contribution in [2.45, 2.75) is 0 Å². The molecule has 2 heterocycles. The molecule has 1 unspecified atom stereocenters. The Kier molecular flexibility index (Phi) is 1.16. The molecule has 0 N–H and O–H groups in total. The van der Waals surface area contributed by atoms with Gasteiger partial charge in [-0.2, -0.15) is 0 Å². The quantitative estimate of drug-likeness (QED) is 0.453. The van der Waals surface area contributed by atoms with E-state index in [0.29, 0.717) is 0 Å². The Balaban J connectivity index is 2.34. The summed E-state index contributed by atoms with van der Waals surface area (Å²) in [5, 5.41) is 0. The lowest BCUT2D eigenvalue weighted by Crippen LogP contribution is -2.23. The number of amidine groups is 1. The summed E-state index contributed by atoms with van der Waals surface area (Å²) in [6.45, 7) is 0.736. The van der Waals surface area contributed by atoms with Gasteiger partial charge >= 0.3 is 0 Å². The Morgan fingerprint density at radius 1 is 1.40 bits per heavy atom. The van der Waals surface area contributed by atoms with Crippen LogP contribution in [0.15, 0.2) is 20.0 Å². The highest BCUT2D eigenvalue weighted by molar-refractivity contribution is 6.08. The minimum Gasteiger partial charge on any atom is -0.272 e. The monoisotopic (exact) mass is 134 g/mol. The van der Waals surface area contributed by atoms with E-state index in [1.165, 1.54) is 6.34 Å². The molecule has 0 bridgehead atoms. The SMILES string of the molecule is C1=NC=NC2=NC=NCC12. The van der Waals surface area contributed by atoms with Gasteiger partial charge in [-0.1, -0.05) is 0 Å². The average molecular weight is 134 g/mol. The first-order chi connectivity index (χ1) is 4.97. The van der Waals surface area contributed by atoms with Crippen LogP contribution < -0.4 is 0 Å². The molecule has 0 spiro atoms. The minimum atomic E-state index is 0.218. The van der Waals surface area contributed by atoms with Crippen molar-refractivity contribution in [1.82, 2.24) is 0 Å². The van der Waals surface area contributed by atoms with Crippen LogP contribution in [-0.4, -0.2) is 31.3 Å². The molecule has 2 aliphatic heterocycles. The Morgan fingerprint density at radius 3 is 3.30 bits per heavy atom. The van der Waals surface area contributed by atoms with Gasteiger partial charge in [-0.05, 0) is 0 Å². The second kappa shape index (κ2) is 2.13. The van der Waals surface area contributed by atoms with Crippen LogP contribution in [0, 0.1) is 5.92 Å². The molecule has 0 amide bonds. The maximum absolute atomic E-state index is 3.99. The van der Waals surface area contributed by atoms with Crippen molar-refractivity contribution in [3.05, 3.63) is 0 Å². The number of nitrogens with zero attached hydrogens (tertiary/aromatic N) is 4. The Morgan fingerprint density at radius 2 is 2.40 bits per heavy atom. The number of hydrogen-bond acceptors (Lipinski definition) is 4. The third kappa shape index (κ3) is 0.775. The van der Waals surface area contributed by atoms with Gasteiger partial charge in [0.2, 0.25) is 0 Å². The van der Waals surface area contributed by atoms with Gasteiger partial charge in [0.1, 0.15) is 18.5 Å². The van der Waals surface area contributed by atoms with Crippen molar-refractivity contribution in [1.29, 1.82) is 0 Å². The number of hydrogen-bond donors (Lipinski definition) is 0. The highest BCUT2D eigenvalue weighted by atomic mass is 15.0. The largest absolute Gasteiger partial charge is 0.272 e. The van der Waals surface area contributed by atoms with Crippen LogP contribution in [0.2, 0.25) is 0 Å². The predicted octanol–water partition coefficient (Wildman–Crippen LogP) is 0.156. The molecule has 50 valence electrons. The summed E-state index contributed by atoms with van der Waals surface area (Å²) in [5.74, 6) is 1.04. The van der Waals surface area contributed by atoms with Gasteiger partial charge < -0.3 is 0 Å². The molecule has 10 heavy (non-hydrogen) atoms. The zero-order valence-corrected chi connectivity index (χ0v) is 5.31. The van der Waals surface area contributed by atoms with Crippen LogP contribution in [0.3, 0.4) is 0 Å². The molecule has 4 nitrogen and oxygen atoms in total. The van der Waals surface area contributed by atoms with Gasteiger partial charge in [0, 0.05) is 6.21 Å². The first-order valence-corrected chi connectivity index (χ1v) is 3.08. The lowest BCUT2D eigenvalue weighted by Gasteiger charge is -2.12. The first kappa shape index (κ1) is 5.46. The Labute approximate surface area is 58.1 Å². The molecule has 0 aromatic carbocycles. The van der Waals surface area contributed by atoms with Crippen molar-refractivity contribution in [2.75, 3.05) is 6.54 Å². The topological polar surface area (TPSA) is 49.4 Å². The summed E-state index contributed by atoms with van der Waals surface area (Å²) in [6.07, 6.45) is 4.87. The highest BCUT2D eigenvalue weighted by Crippen LogP contribution is 2.05. The van der Waals surface area contributed by atoms with Gasteiger partial charge in [0.05, 0.1) is 12.5 Å². The van der Waals surface area contributed by atoms with Crippen LogP contribution in [0.5, 0.6) is 0 Å². The smallest absolute Gasteiger partial charge is 0.142 e. The van der Waals surface area contributed by atoms with E-state index in [2.05, 4.69) is 20.0 Å². The maximum Gasteiger partial charge on any atom is 0.142 e. The third-order valence-electron chi connectivity index (χ3n) is 1.43. The number of aliphatic imine (C=N–C) groups is 4. The fourth-order valence-corrected chi connectivity index (χ4v) is 0.916. The van der Waals surface area contributed by atoms with Crippen molar-refractivity contribution in [3.63, 3.8) is 0 Å². The molecule has 0 aromatic rings. The summed E-state index contributed by atoms with van der Waals surface area (Å²) >= 11 is 0. The van der Waals surface area contributed by atoms with Crippen molar-refractivity contribution in [2.24, 2.45) is 25.9 Å². The summed E-state index contributed by atoms with van der Waals surface area (Å²) in [7, 11) is 0. The van der Waals surface area contributed by atoms with E-state index in [9.17, 15) is 0 Å². The van der Waals surface area contributed by atoms with Gasteiger partial charge in [0.25, 0.3) is 0 Å². The van der Waals surface area contributed by atoms with Crippen molar-refractivity contribution >= 4 is 24.7 Å². The molecule has 2 aliphatic rings. The summed E-state index contributed by atoms with van der Waals surface area (Å²) in [6, 6.07) is 0. The average Bonchev–Trinajstić information content (AvgIpc) is 2.05. The van der Waals surface area contributed by atoms with Crippen LogP contribution in [-0.2, 0) is 0 Å². The van der Waals surface area contributed by atoms with Gasteiger partial charge in [-0.25, -0.2) is 15.0 Å². The van der Waals surface area contributed by atoms with Gasteiger partial charge in [0.15, 0.2) is 0 Å². The van der Waals surface area contributed by atoms with Crippen LogP contribution in [0.25, 0.3) is 0 Å². The summed E-state index contributed by atoms with van der Waals surface area (Å²) in [5.41, 5.74) is 0. The second-order valence-electron chi connectivity index (χ2n) is 2.12. The Hall–Kier alpha value is -1.32. The molecule has 0 aromatic heterocycles. The summed E-state index contributed by atoms with van der Waals surface area (Å²) < 4.78 is 0. The third-order valence-corrected chi connectivity index (χ3v) is 1.43. The van der Waals surface area contributed by atoms with Crippen LogP contribution in [0.4, 0.5) is 0 Å². The van der Waals surface area contributed by atoms with Gasteiger partial charge in [-0.3, -0.25) is 4.99 Å². The maximum atomic E-state index is 3.99. The minimum absolute atomic E-state index is 0.218. The lowest BCUT2D eigenvalue weighted by molar-refractivity contribution is 0.897. The first-order valence-electron chi connectivity index (χ1n) is 3.08. The molecule has 0 radical (unpaired) electrons. The van der Waals surface area contributed by atoms with E-state index >= 15 is 0 Å². The molecule has 4 heteroatoms. The molecular formula is C6H6N4. The lowest BCUT2D eigenvalue weighted by atomic mass is 10.1. The van der Waals surface area contributed by atoms with E-state index in [1.54, 1.807) is 6.34 Å². The molecule has 2 rings (SSSR count). The molecule has 0 saturated heterocycles. The standard InChI is InChI=1S/C6H6N4/c1-5-2-8-4-10-6(5)9-3-7-1/h1,3-5H,2H2. The normalized spacial score (nSPS) is 28.0. The fraction of sp³-hybridized carbons (Fsp3) is 0.333. The molecule has 1 atom stereocenters. The highest BCUT2D eigenvalue weighted by Gasteiger charge is 2.16. The second-order valence-corrected chi connectivity index (χ2v) is 2.12. The fourth-order valence-electron chi connectivity index (χ4n) is 0.916. The molecule has 0 fully saturated rings. The van der Waals surface area contributed by atoms with E-state index < -0.39 is 0 Å². The zero-order valence-electron chi connectivity index (χ0n) is 5.31. The number of fused-ring (bicyclic) bond motifs is 1. The van der Waals surface area contributed by atoms with Crippen molar-refractivity contribution < 1.29 is 0 Å².